The molecule has 7 rings (SSSR count). The predicted octanol–water partition coefficient (Wildman–Crippen LogP) is 5.69. The minimum Gasteiger partial charge on any atom is -0.460 e. The van der Waals surface area contributed by atoms with Crippen LogP contribution in [0.5, 0.6) is 0 Å². The van der Waals surface area contributed by atoms with Crippen LogP contribution in [0, 0.1) is 5.92 Å². The molecule has 224 valence electrons. The van der Waals surface area contributed by atoms with Gasteiger partial charge in [0.25, 0.3) is 0 Å². The number of nitrogens with two attached hydrogens (primary N) is 1. The van der Waals surface area contributed by atoms with Gasteiger partial charge in [0.15, 0.2) is 5.83 Å². The molecule has 0 saturated carbocycles. The monoisotopic (exact) mass is 610 g/mol. The molecule has 0 radical (unpaired) electrons. The Kier molecular flexibility index (Phi) is 6.36. The Morgan fingerprint density at radius 2 is 2.05 bits per heavy atom. The van der Waals surface area contributed by atoms with Crippen molar-refractivity contribution in [3.8, 4) is 0 Å². The van der Waals surface area contributed by atoms with E-state index in [2.05, 4.69) is 20.1 Å². The normalized spacial score (nSPS) is 30.8. The van der Waals surface area contributed by atoms with Crippen molar-refractivity contribution in [2.75, 3.05) is 32.0 Å². The Morgan fingerprint density at radius 3 is 2.83 bits per heavy atom. The van der Waals surface area contributed by atoms with Gasteiger partial charge < -0.3 is 15.3 Å². The van der Waals surface area contributed by atoms with Crippen LogP contribution >= 0.6 is 11.6 Å². The quantitative estimate of drug-likeness (QED) is 0.351. The van der Waals surface area contributed by atoms with E-state index in [4.69, 9.17) is 26.9 Å². The summed E-state index contributed by atoms with van der Waals surface area (Å²) in [6.45, 7) is 3.37. The van der Waals surface area contributed by atoms with Gasteiger partial charge in [-0.05, 0) is 56.9 Å². The second kappa shape index (κ2) is 9.66. The Morgan fingerprint density at radius 1 is 1.24 bits per heavy atom. The maximum absolute atomic E-state index is 16.9. The highest BCUT2D eigenvalue weighted by Gasteiger charge is 2.51. The number of rotatable bonds is 3. The molecule has 42 heavy (non-hydrogen) atoms. The minimum absolute atomic E-state index is 0.0107. The Labute approximate surface area is 243 Å². The third-order valence-electron chi connectivity index (χ3n) is 9.05. The lowest BCUT2D eigenvalue weighted by atomic mass is 9.81. The molecule has 1 aromatic carbocycles. The standard InChI is InChI=1S/C28H28ClF5N6O2/c1-13-19-16-4-2-7-40-25(16)24(36-26(37-40)41-12-27-5-3-6-39(27)11-14(30)10-27)22(31)20(23(19)38-42-13)17-8-15(35)9-18(29)21(17)28(32,33)34/h8-9,13-14,19H,2-7,10-12,35H2,1H3/t13?,14-,19+,27+/m1/s1. The van der Waals surface area contributed by atoms with E-state index in [-0.39, 0.29) is 29.7 Å². The van der Waals surface area contributed by atoms with Crippen LogP contribution in [0.2, 0.25) is 5.02 Å². The predicted molar refractivity (Wildman–Crippen MR) is 147 cm³/mol. The van der Waals surface area contributed by atoms with Gasteiger partial charge in [0, 0.05) is 36.3 Å². The van der Waals surface area contributed by atoms with Crippen molar-refractivity contribution in [2.45, 2.75) is 63.0 Å². The summed E-state index contributed by atoms with van der Waals surface area (Å²) >= 11 is 6.07. The number of hydrazone groups is 1. The molecule has 5 aliphatic heterocycles. The van der Waals surface area contributed by atoms with Crippen LogP contribution in [0.25, 0.3) is 5.57 Å². The second-order valence-electron chi connectivity index (χ2n) is 11.7. The van der Waals surface area contributed by atoms with Crippen LogP contribution in [-0.2, 0) is 15.8 Å². The molecule has 5 heterocycles. The number of alkyl halides is 4. The van der Waals surface area contributed by atoms with Gasteiger partial charge in [0.2, 0.25) is 0 Å². The number of ether oxygens (including phenoxy) is 1. The van der Waals surface area contributed by atoms with Gasteiger partial charge in [-0.25, -0.2) is 8.78 Å². The smallest absolute Gasteiger partial charge is 0.418 e. The fourth-order valence-corrected chi connectivity index (χ4v) is 7.69. The van der Waals surface area contributed by atoms with Gasteiger partial charge in [-0.3, -0.25) is 9.91 Å². The van der Waals surface area contributed by atoms with Crippen LogP contribution in [0.3, 0.4) is 0 Å². The first-order valence-corrected chi connectivity index (χ1v) is 14.4. The summed E-state index contributed by atoms with van der Waals surface area (Å²) in [5.41, 5.74) is 4.05. The van der Waals surface area contributed by atoms with E-state index < -0.39 is 57.5 Å². The molecule has 6 aliphatic rings. The lowest BCUT2D eigenvalue weighted by molar-refractivity contribution is -0.137. The van der Waals surface area contributed by atoms with Crippen molar-refractivity contribution < 1.29 is 31.5 Å². The number of benzene rings is 1. The highest BCUT2D eigenvalue weighted by Crippen LogP contribution is 2.49. The lowest BCUT2D eigenvalue weighted by Crippen LogP contribution is -2.43. The number of amidine groups is 1. The highest BCUT2D eigenvalue weighted by molar-refractivity contribution is 6.37. The zero-order valence-corrected chi connectivity index (χ0v) is 23.4. The van der Waals surface area contributed by atoms with Crippen molar-refractivity contribution in [3.63, 3.8) is 0 Å². The van der Waals surface area contributed by atoms with E-state index in [0.717, 1.165) is 37.1 Å². The number of hydrogen-bond acceptors (Lipinski definition) is 8. The number of allylic oxidation sites excluding steroid dienone is 2. The van der Waals surface area contributed by atoms with Gasteiger partial charge in [0.1, 0.15) is 30.3 Å². The third-order valence-corrected chi connectivity index (χ3v) is 9.35. The minimum atomic E-state index is -4.92. The van der Waals surface area contributed by atoms with Gasteiger partial charge in [0.05, 0.1) is 27.7 Å². The van der Waals surface area contributed by atoms with E-state index in [9.17, 15) is 17.6 Å². The SMILES string of the molecule is CC1ON=C2C(c3cc(N)cc(Cl)c3C(F)(F)F)=C(F)C3=NC(OC[C@@]45CCCN4C[C@H](F)C5)=NN4CCCC(=C34)[C@@H]21. The van der Waals surface area contributed by atoms with Crippen molar-refractivity contribution in [2.24, 2.45) is 21.2 Å². The summed E-state index contributed by atoms with van der Waals surface area (Å²) < 4.78 is 80.4. The molecule has 1 aliphatic carbocycles. The Bertz CT molecular complexity index is 1520. The maximum atomic E-state index is 16.9. The summed E-state index contributed by atoms with van der Waals surface area (Å²) in [5.74, 6) is -1.69. The molecule has 2 fully saturated rings. The summed E-state index contributed by atoms with van der Waals surface area (Å²) in [5, 5.41) is 9.58. The Balaban J connectivity index is 1.38. The highest BCUT2D eigenvalue weighted by atomic mass is 35.5. The number of aliphatic imine (C=N–C) groups is 1. The van der Waals surface area contributed by atoms with Crippen LogP contribution < -0.4 is 5.73 Å². The number of oxime groups is 1. The number of halogens is 6. The number of nitrogens with zero attached hydrogens (tertiary/aromatic N) is 5. The molecule has 0 bridgehead atoms. The van der Waals surface area contributed by atoms with Gasteiger partial charge in [-0.15, -0.1) is 5.10 Å². The van der Waals surface area contributed by atoms with E-state index in [0.29, 0.717) is 38.0 Å². The molecule has 8 nitrogen and oxygen atoms in total. The fourth-order valence-electron chi connectivity index (χ4n) is 7.36. The summed E-state index contributed by atoms with van der Waals surface area (Å²) in [7, 11) is 0. The lowest BCUT2D eigenvalue weighted by Gasteiger charge is -2.35. The zero-order valence-electron chi connectivity index (χ0n) is 22.6. The van der Waals surface area contributed by atoms with E-state index in [1.54, 1.807) is 11.9 Å². The molecule has 1 aromatic rings. The molecular formula is C28H28ClF5N6O2. The fraction of sp³-hybridized carbons (Fsp3) is 0.536. The van der Waals surface area contributed by atoms with E-state index in [1.165, 1.54) is 0 Å². The summed E-state index contributed by atoms with van der Waals surface area (Å²) in [6, 6.07) is 1.90. The maximum Gasteiger partial charge on any atom is 0.418 e. The molecule has 2 saturated heterocycles. The average Bonchev–Trinajstić information content (AvgIpc) is 3.55. The third kappa shape index (κ3) is 4.22. The van der Waals surface area contributed by atoms with Crippen molar-refractivity contribution in [1.82, 2.24) is 9.91 Å². The molecule has 0 aromatic heterocycles. The van der Waals surface area contributed by atoms with Crippen molar-refractivity contribution in [3.05, 3.63) is 45.4 Å². The zero-order chi connectivity index (χ0) is 29.6. The van der Waals surface area contributed by atoms with Crippen LogP contribution in [0.4, 0.5) is 27.6 Å². The number of anilines is 1. The van der Waals surface area contributed by atoms with Crippen LogP contribution in [0.1, 0.15) is 50.2 Å². The topological polar surface area (TPSA) is 88.0 Å². The van der Waals surface area contributed by atoms with E-state index >= 15 is 4.39 Å². The number of fused-ring (bicyclic) bond motifs is 3. The summed E-state index contributed by atoms with van der Waals surface area (Å²) in [6.07, 6.45) is -3.31. The van der Waals surface area contributed by atoms with Gasteiger partial charge >= 0.3 is 12.2 Å². The van der Waals surface area contributed by atoms with Crippen LogP contribution in [-0.4, -0.2) is 71.4 Å². The molecule has 0 amide bonds. The number of nitrogen functional groups attached to an aromatic ring is 1. The molecular weight excluding hydrogens is 583 g/mol. The molecule has 2 N–H and O–H groups in total. The largest absolute Gasteiger partial charge is 0.460 e. The Hall–Kier alpha value is -3.19. The molecule has 1 unspecified atom stereocenters. The number of hydrogen-bond donors (Lipinski definition) is 1. The summed E-state index contributed by atoms with van der Waals surface area (Å²) in [4.78, 5) is 12.0. The second-order valence-corrected chi connectivity index (χ2v) is 12.1. The van der Waals surface area contributed by atoms with Crippen molar-refractivity contribution >= 4 is 40.3 Å². The van der Waals surface area contributed by atoms with E-state index in [1.807, 2.05) is 0 Å². The first-order chi connectivity index (χ1) is 20.0. The van der Waals surface area contributed by atoms with Gasteiger partial charge in [-0.2, -0.15) is 18.2 Å². The first kappa shape index (κ1) is 27.6. The average molecular weight is 611 g/mol. The molecule has 4 atom stereocenters. The van der Waals surface area contributed by atoms with Crippen molar-refractivity contribution in [1.29, 1.82) is 0 Å². The van der Waals surface area contributed by atoms with Crippen LogP contribution in [0.15, 0.2) is 44.5 Å². The molecule has 0 spiro atoms. The molecule has 14 heteroatoms. The first-order valence-electron chi connectivity index (χ1n) is 14.0. The van der Waals surface area contributed by atoms with Gasteiger partial charge in [-0.1, -0.05) is 16.8 Å².